The van der Waals surface area contributed by atoms with Gasteiger partial charge in [-0.3, -0.25) is 0 Å². The number of nitrogens with one attached hydrogen (secondary N) is 1. The number of piperidine rings is 1. The summed E-state index contributed by atoms with van der Waals surface area (Å²) in [5.41, 5.74) is 1.16. The molecule has 154 valence electrons. The Bertz CT molecular complexity index is 832. The Labute approximate surface area is 171 Å². The smallest absolute Gasteiger partial charge is 0.331 e. The van der Waals surface area contributed by atoms with Gasteiger partial charge >= 0.3 is 5.97 Å². The molecule has 0 bridgehead atoms. The summed E-state index contributed by atoms with van der Waals surface area (Å²) < 4.78 is 22.0. The fraction of sp³-hybridized carbons (Fsp3) is 0.348. The third-order valence-electron chi connectivity index (χ3n) is 5.11. The molecule has 3 rings (SSSR count). The molecule has 6 nitrogen and oxygen atoms in total. The molecule has 0 aliphatic carbocycles. The van der Waals surface area contributed by atoms with E-state index in [0.29, 0.717) is 17.2 Å². The van der Waals surface area contributed by atoms with Crippen molar-refractivity contribution >= 4 is 12.0 Å². The third kappa shape index (κ3) is 4.71. The monoisotopic (exact) mass is 397 g/mol. The zero-order valence-corrected chi connectivity index (χ0v) is 17.1. The Hall–Kier alpha value is -2.99. The molecule has 1 heterocycles. The fourth-order valence-corrected chi connectivity index (χ4v) is 3.61. The van der Waals surface area contributed by atoms with Crippen molar-refractivity contribution < 1.29 is 23.7 Å². The summed E-state index contributed by atoms with van der Waals surface area (Å²) in [6.07, 6.45) is 4.60. The maximum absolute atomic E-state index is 12.7. The minimum absolute atomic E-state index is 0.385. The lowest BCUT2D eigenvalue weighted by atomic mass is 9.85. The van der Waals surface area contributed by atoms with Crippen molar-refractivity contribution in [3.05, 3.63) is 59.7 Å². The molecular formula is C23H27NO5. The number of methoxy groups -OCH3 is 3. The number of esters is 1. The van der Waals surface area contributed by atoms with Gasteiger partial charge in [0.25, 0.3) is 0 Å². The van der Waals surface area contributed by atoms with Crippen molar-refractivity contribution in [2.75, 3.05) is 34.4 Å². The van der Waals surface area contributed by atoms with E-state index in [1.54, 1.807) is 39.5 Å². The first-order valence-electron chi connectivity index (χ1n) is 9.59. The second-order valence-electron chi connectivity index (χ2n) is 6.82. The maximum atomic E-state index is 12.7. The fourth-order valence-electron chi connectivity index (χ4n) is 3.61. The lowest BCUT2D eigenvalue weighted by Gasteiger charge is -2.37. The van der Waals surface area contributed by atoms with Crippen LogP contribution in [0.3, 0.4) is 0 Å². The molecular weight excluding hydrogens is 370 g/mol. The molecule has 2 aromatic carbocycles. The Morgan fingerprint density at radius 3 is 2.14 bits per heavy atom. The molecule has 1 aliphatic rings. The first-order chi connectivity index (χ1) is 14.1. The molecule has 0 aromatic heterocycles. The number of hydrogen-bond acceptors (Lipinski definition) is 6. The van der Waals surface area contributed by atoms with E-state index in [1.165, 1.54) is 6.08 Å². The summed E-state index contributed by atoms with van der Waals surface area (Å²) in [5, 5.41) is 3.33. The molecule has 2 aromatic rings. The van der Waals surface area contributed by atoms with E-state index in [2.05, 4.69) is 5.32 Å². The molecule has 1 saturated heterocycles. The molecule has 0 spiro atoms. The number of carbonyl (C=O) groups excluding carboxylic acids is 1. The van der Waals surface area contributed by atoms with Gasteiger partial charge in [-0.05, 0) is 42.4 Å². The van der Waals surface area contributed by atoms with E-state index in [9.17, 15) is 4.79 Å². The number of rotatable bonds is 7. The van der Waals surface area contributed by atoms with Gasteiger partial charge in [0.2, 0.25) is 5.75 Å². The second-order valence-corrected chi connectivity index (χ2v) is 6.82. The van der Waals surface area contributed by atoms with E-state index < -0.39 is 5.60 Å². The van der Waals surface area contributed by atoms with Crippen molar-refractivity contribution in [3.63, 3.8) is 0 Å². The normalized spacial score (nSPS) is 15.7. The predicted octanol–water partition coefficient (Wildman–Crippen LogP) is 3.55. The van der Waals surface area contributed by atoms with Crippen molar-refractivity contribution in [1.29, 1.82) is 0 Å². The Kier molecular flexibility index (Phi) is 6.77. The van der Waals surface area contributed by atoms with Gasteiger partial charge in [0.05, 0.1) is 21.3 Å². The molecule has 0 unspecified atom stereocenters. The van der Waals surface area contributed by atoms with E-state index in [1.807, 2.05) is 30.3 Å². The van der Waals surface area contributed by atoms with Crippen molar-refractivity contribution in [2.45, 2.75) is 18.4 Å². The van der Waals surface area contributed by atoms with Gasteiger partial charge in [-0.25, -0.2) is 4.79 Å². The van der Waals surface area contributed by atoms with Crippen LogP contribution in [0, 0.1) is 0 Å². The van der Waals surface area contributed by atoms with Gasteiger partial charge in [0.15, 0.2) is 11.5 Å². The van der Waals surface area contributed by atoms with Crippen LogP contribution in [-0.2, 0) is 15.1 Å². The lowest BCUT2D eigenvalue weighted by Crippen LogP contribution is -2.42. The van der Waals surface area contributed by atoms with Crippen LogP contribution in [0.2, 0.25) is 0 Å². The van der Waals surface area contributed by atoms with Crippen molar-refractivity contribution in [1.82, 2.24) is 5.32 Å². The molecule has 29 heavy (non-hydrogen) atoms. The van der Waals surface area contributed by atoms with Gasteiger partial charge in [0, 0.05) is 18.9 Å². The largest absolute Gasteiger partial charge is 0.493 e. The Morgan fingerprint density at radius 1 is 0.966 bits per heavy atom. The average molecular weight is 397 g/mol. The van der Waals surface area contributed by atoms with Crippen LogP contribution in [-0.4, -0.2) is 40.4 Å². The highest BCUT2D eigenvalue weighted by molar-refractivity contribution is 5.87. The summed E-state index contributed by atoms with van der Waals surface area (Å²) in [7, 11) is 4.66. The average Bonchev–Trinajstić information content (AvgIpc) is 2.78. The standard InChI is InChI=1S/C23H27NO5/c1-26-19-15-17(16-20(27-2)22(19)28-3)9-10-21(25)29-23(11-13-24-14-12-23)18-7-5-4-6-8-18/h4-10,15-16,24H,11-14H2,1-3H3/b10-9+. The lowest BCUT2D eigenvalue weighted by molar-refractivity contribution is -0.157. The minimum Gasteiger partial charge on any atom is -0.493 e. The van der Waals surface area contributed by atoms with Crippen LogP contribution >= 0.6 is 0 Å². The second kappa shape index (κ2) is 9.47. The zero-order valence-electron chi connectivity index (χ0n) is 17.1. The minimum atomic E-state index is -0.608. The van der Waals surface area contributed by atoms with Crippen LogP contribution in [0.25, 0.3) is 6.08 Å². The molecule has 1 aliphatic heterocycles. The van der Waals surface area contributed by atoms with Crippen LogP contribution in [0.5, 0.6) is 17.2 Å². The van der Waals surface area contributed by atoms with E-state index in [4.69, 9.17) is 18.9 Å². The molecule has 0 amide bonds. The van der Waals surface area contributed by atoms with Crippen LogP contribution in [0.15, 0.2) is 48.5 Å². The third-order valence-corrected chi connectivity index (χ3v) is 5.11. The van der Waals surface area contributed by atoms with Gasteiger partial charge < -0.3 is 24.3 Å². The molecule has 6 heteroatoms. The topological polar surface area (TPSA) is 66.0 Å². The Morgan fingerprint density at radius 2 is 1.59 bits per heavy atom. The Balaban J connectivity index is 1.81. The maximum Gasteiger partial charge on any atom is 0.331 e. The first kappa shape index (κ1) is 20.7. The number of hydrogen-bond donors (Lipinski definition) is 1. The van der Waals surface area contributed by atoms with Gasteiger partial charge in [-0.2, -0.15) is 0 Å². The quantitative estimate of drug-likeness (QED) is 0.569. The van der Waals surface area contributed by atoms with Crippen LogP contribution < -0.4 is 19.5 Å². The summed E-state index contributed by atoms with van der Waals surface area (Å²) in [4.78, 5) is 12.7. The summed E-state index contributed by atoms with van der Waals surface area (Å²) in [5.74, 6) is 1.18. The zero-order chi connectivity index (χ0) is 20.7. The number of ether oxygens (including phenoxy) is 4. The highest BCUT2D eigenvalue weighted by atomic mass is 16.6. The number of benzene rings is 2. The summed E-state index contributed by atoms with van der Waals surface area (Å²) in [6, 6.07) is 13.5. The van der Waals surface area contributed by atoms with Crippen LogP contribution in [0.4, 0.5) is 0 Å². The molecule has 0 atom stereocenters. The van der Waals surface area contributed by atoms with E-state index in [0.717, 1.165) is 37.1 Å². The highest BCUT2D eigenvalue weighted by Gasteiger charge is 2.37. The van der Waals surface area contributed by atoms with Gasteiger partial charge in [0.1, 0.15) is 5.60 Å². The van der Waals surface area contributed by atoms with Gasteiger partial charge in [-0.15, -0.1) is 0 Å². The van der Waals surface area contributed by atoms with E-state index in [-0.39, 0.29) is 5.97 Å². The summed E-state index contributed by atoms with van der Waals surface area (Å²) in [6.45, 7) is 1.61. The molecule has 1 fully saturated rings. The molecule has 1 N–H and O–H groups in total. The first-order valence-corrected chi connectivity index (χ1v) is 9.59. The van der Waals surface area contributed by atoms with E-state index >= 15 is 0 Å². The highest BCUT2D eigenvalue weighted by Crippen LogP contribution is 2.39. The summed E-state index contributed by atoms with van der Waals surface area (Å²) >= 11 is 0. The predicted molar refractivity (Wildman–Crippen MR) is 111 cm³/mol. The SMILES string of the molecule is COc1cc(/C=C/C(=O)OC2(c3ccccc3)CCNCC2)cc(OC)c1OC. The van der Waals surface area contributed by atoms with Crippen molar-refractivity contribution in [2.24, 2.45) is 0 Å². The van der Waals surface area contributed by atoms with Crippen molar-refractivity contribution in [3.8, 4) is 17.2 Å². The number of carbonyl (C=O) groups is 1. The molecule has 0 radical (unpaired) electrons. The van der Waals surface area contributed by atoms with Crippen LogP contribution in [0.1, 0.15) is 24.0 Å². The molecule has 0 saturated carbocycles. The van der Waals surface area contributed by atoms with Gasteiger partial charge in [-0.1, -0.05) is 30.3 Å².